The van der Waals surface area contributed by atoms with E-state index < -0.39 is 0 Å². The average molecular weight is 278 g/mol. The molecule has 0 N–H and O–H groups in total. The van der Waals surface area contributed by atoms with Crippen LogP contribution in [0.3, 0.4) is 0 Å². The van der Waals surface area contributed by atoms with Gasteiger partial charge >= 0.3 is 0 Å². The zero-order valence-corrected chi connectivity index (χ0v) is 12.7. The van der Waals surface area contributed by atoms with Crippen LogP contribution in [-0.2, 0) is 4.79 Å². The Morgan fingerprint density at radius 2 is 2.20 bits per heavy atom. The summed E-state index contributed by atoms with van der Waals surface area (Å²) in [4.78, 5) is 18.6. The van der Waals surface area contributed by atoms with Crippen molar-refractivity contribution in [1.29, 1.82) is 5.26 Å². The van der Waals surface area contributed by atoms with Crippen LogP contribution in [-0.4, -0.2) is 73.5 Å². The van der Waals surface area contributed by atoms with Gasteiger partial charge in [0.1, 0.15) is 0 Å². The number of likely N-dealkylation sites (tertiary alicyclic amines) is 2. The number of hydrogen-bond acceptors (Lipinski definition) is 4. The van der Waals surface area contributed by atoms with E-state index in [1.54, 1.807) is 11.9 Å². The van der Waals surface area contributed by atoms with E-state index >= 15 is 0 Å². The molecule has 112 valence electrons. The van der Waals surface area contributed by atoms with E-state index in [0.717, 1.165) is 19.0 Å². The Labute approximate surface area is 122 Å². The van der Waals surface area contributed by atoms with E-state index in [0.29, 0.717) is 25.6 Å². The third kappa shape index (κ3) is 3.71. The number of hydrogen-bond donors (Lipinski definition) is 0. The molecule has 0 aromatic rings. The van der Waals surface area contributed by atoms with Crippen LogP contribution in [0.25, 0.3) is 0 Å². The normalized spacial score (nSPS) is 27.6. The molecule has 0 aromatic carbocycles. The topological polar surface area (TPSA) is 50.6 Å². The van der Waals surface area contributed by atoms with Gasteiger partial charge in [-0.1, -0.05) is 0 Å². The molecule has 2 saturated heterocycles. The number of nitriles is 1. The summed E-state index contributed by atoms with van der Waals surface area (Å²) < 4.78 is 0. The Bertz CT molecular complexity index is 379. The predicted molar refractivity (Wildman–Crippen MR) is 78.1 cm³/mol. The van der Waals surface area contributed by atoms with Gasteiger partial charge in [0.05, 0.1) is 19.0 Å². The van der Waals surface area contributed by atoms with Gasteiger partial charge in [-0.3, -0.25) is 9.69 Å². The second-order valence-electron chi connectivity index (χ2n) is 6.20. The van der Waals surface area contributed by atoms with Crippen molar-refractivity contribution in [3.05, 3.63) is 0 Å². The first-order chi connectivity index (χ1) is 9.61. The molecule has 1 amide bonds. The number of amides is 1. The largest absolute Gasteiger partial charge is 0.344 e. The third-order valence-electron chi connectivity index (χ3n) is 4.77. The van der Waals surface area contributed by atoms with Crippen molar-refractivity contribution < 1.29 is 4.79 Å². The fraction of sp³-hybridized carbons (Fsp3) is 0.867. The third-order valence-corrected chi connectivity index (χ3v) is 4.77. The van der Waals surface area contributed by atoms with Crippen LogP contribution >= 0.6 is 0 Å². The lowest BCUT2D eigenvalue weighted by molar-refractivity contribution is -0.131. The monoisotopic (exact) mass is 278 g/mol. The summed E-state index contributed by atoms with van der Waals surface area (Å²) in [5.74, 6) is 0.863. The number of carbonyl (C=O) groups excluding carboxylic acids is 1. The molecular formula is C15H26N4O. The van der Waals surface area contributed by atoms with Gasteiger partial charge in [0, 0.05) is 32.7 Å². The molecule has 2 atom stereocenters. The molecule has 2 fully saturated rings. The van der Waals surface area contributed by atoms with Crippen molar-refractivity contribution in [2.45, 2.75) is 31.7 Å². The molecule has 0 saturated carbocycles. The quantitative estimate of drug-likeness (QED) is 0.762. The summed E-state index contributed by atoms with van der Waals surface area (Å²) in [7, 11) is 4.02. The zero-order chi connectivity index (χ0) is 14.5. The lowest BCUT2D eigenvalue weighted by atomic mass is 9.84. The van der Waals surface area contributed by atoms with Gasteiger partial charge in [-0.05, 0) is 38.8 Å². The van der Waals surface area contributed by atoms with E-state index in [-0.39, 0.29) is 5.91 Å². The molecule has 2 aliphatic rings. The second kappa shape index (κ2) is 7.05. The Morgan fingerprint density at radius 1 is 1.40 bits per heavy atom. The Balaban J connectivity index is 1.80. The van der Waals surface area contributed by atoms with Gasteiger partial charge in [0.15, 0.2) is 0 Å². The van der Waals surface area contributed by atoms with Gasteiger partial charge in [-0.2, -0.15) is 5.26 Å². The van der Waals surface area contributed by atoms with Crippen molar-refractivity contribution in [3.8, 4) is 6.07 Å². The van der Waals surface area contributed by atoms with Crippen LogP contribution in [0.1, 0.15) is 25.7 Å². The molecule has 2 rings (SSSR count). The van der Waals surface area contributed by atoms with Crippen molar-refractivity contribution >= 4 is 5.91 Å². The molecular weight excluding hydrogens is 252 g/mol. The number of carbonyl (C=O) groups is 1. The van der Waals surface area contributed by atoms with Gasteiger partial charge in [0.25, 0.3) is 0 Å². The lowest BCUT2D eigenvalue weighted by Gasteiger charge is -2.46. The van der Waals surface area contributed by atoms with E-state index in [9.17, 15) is 4.79 Å². The predicted octanol–water partition coefficient (Wildman–Crippen LogP) is 0.775. The minimum absolute atomic E-state index is 0.142. The standard InChI is InChI=1S/C15H26N4O/c1-17-8-3-5-13-11-19(10-6-14(13)17)12-15(20)18(2)9-4-7-16/h13-14H,3-6,8-12H2,1-2H3. The molecule has 0 aliphatic carbocycles. The molecule has 2 aliphatic heterocycles. The summed E-state index contributed by atoms with van der Waals surface area (Å²) in [5, 5.41) is 8.57. The minimum atomic E-state index is 0.142. The summed E-state index contributed by atoms with van der Waals surface area (Å²) in [5.41, 5.74) is 0. The molecule has 5 nitrogen and oxygen atoms in total. The SMILES string of the molecule is CN(CCC#N)C(=O)CN1CCC2C(CCCN2C)C1. The maximum atomic E-state index is 12.1. The van der Waals surface area contributed by atoms with E-state index in [1.807, 2.05) is 0 Å². The first-order valence-electron chi connectivity index (χ1n) is 7.65. The molecule has 20 heavy (non-hydrogen) atoms. The average Bonchev–Trinajstić information content (AvgIpc) is 2.44. The second-order valence-corrected chi connectivity index (χ2v) is 6.20. The van der Waals surface area contributed by atoms with Crippen LogP contribution in [0.2, 0.25) is 0 Å². The fourth-order valence-corrected chi connectivity index (χ4v) is 3.53. The molecule has 0 bridgehead atoms. The summed E-state index contributed by atoms with van der Waals surface area (Å²) in [6, 6.07) is 2.80. The first kappa shape index (κ1) is 15.3. The highest BCUT2D eigenvalue weighted by atomic mass is 16.2. The molecule has 2 unspecified atom stereocenters. The van der Waals surface area contributed by atoms with Gasteiger partial charge < -0.3 is 9.80 Å². The van der Waals surface area contributed by atoms with Crippen LogP contribution in [0.15, 0.2) is 0 Å². The molecule has 0 aromatic heterocycles. The van der Waals surface area contributed by atoms with E-state index in [1.165, 1.54) is 25.8 Å². The van der Waals surface area contributed by atoms with Gasteiger partial charge in [0.2, 0.25) is 5.91 Å². The summed E-state index contributed by atoms with van der Waals surface area (Å²) in [6.45, 7) is 4.33. The van der Waals surface area contributed by atoms with Crippen molar-refractivity contribution in [2.75, 3.05) is 46.8 Å². The van der Waals surface area contributed by atoms with Crippen molar-refractivity contribution in [2.24, 2.45) is 5.92 Å². The van der Waals surface area contributed by atoms with E-state index in [2.05, 4.69) is 22.9 Å². The van der Waals surface area contributed by atoms with Crippen LogP contribution in [0.5, 0.6) is 0 Å². The Morgan fingerprint density at radius 3 is 2.95 bits per heavy atom. The Hall–Kier alpha value is -1.12. The first-order valence-corrected chi connectivity index (χ1v) is 7.65. The number of piperidine rings is 2. The number of nitrogens with zero attached hydrogens (tertiary/aromatic N) is 4. The highest BCUT2D eigenvalue weighted by Crippen LogP contribution is 2.29. The van der Waals surface area contributed by atoms with Crippen molar-refractivity contribution in [3.63, 3.8) is 0 Å². The highest BCUT2D eigenvalue weighted by molar-refractivity contribution is 5.78. The van der Waals surface area contributed by atoms with Gasteiger partial charge in [-0.15, -0.1) is 0 Å². The number of likely N-dealkylation sites (N-methyl/N-ethyl adjacent to an activating group) is 1. The van der Waals surface area contributed by atoms with Crippen molar-refractivity contribution in [1.82, 2.24) is 14.7 Å². The van der Waals surface area contributed by atoms with Crippen LogP contribution in [0, 0.1) is 17.2 Å². The van der Waals surface area contributed by atoms with Crippen LogP contribution in [0.4, 0.5) is 0 Å². The number of rotatable bonds is 4. The number of fused-ring (bicyclic) bond motifs is 1. The molecule has 0 spiro atoms. The van der Waals surface area contributed by atoms with E-state index in [4.69, 9.17) is 5.26 Å². The molecule has 0 radical (unpaired) electrons. The molecule has 2 heterocycles. The molecule has 5 heteroatoms. The van der Waals surface area contributed by atoms with Crippen LogP contribution < -0.4 is 0 Å². The van der Waals surface area contributed by atoms with Gasteiger partial charge in [-0.25, -0.2) is 0 Å². The lowest BCUT2D eigenvalue weighted by Crippen LogP contribution is -2.54. The highest BCUT2D eigenvalue weighted by Gasteiger charge is 2.34. The minimum Gasteiger partial charge on any atom is -0.344 e. The smallest absolute Gasteiger partial charge is 0.236 e. The maximum absolute atomic E-state index is 12.1. The zero-order valence-electron chi connectivity index (χ0n) is 12.7. The fourth-order valence-electron chi connectivity index (χ4n) is 3.53. The Kier molecular flexibility index (Phi) is 5.38. The summed E-state index contributed by atoms with van der Waals surface area (Å²) in [6.07, 6.45) is 4.17. The summed E-state index contributed by atoms with van der Waals surface area (Å²) >= 11 is 0. The maximum Gasteiger partial charge on any atom is 0.236 e.